The van der Waals surface area contributed by atoms with Crippen molar-refractivity contribution in [3.05, 3.63) is 63.9 Å². The summed E-state index contributed by atoms with van der Waals surface area (Å²) in [5.41, 5.74) is 2.07. The third-order valence-electron chi connectivity index (χ3n) is 5.06. The predicted octanol–water partition coefficient (Wildman–Crippen LogP) is 3.20. The second kappa shape index (κ2) is 9.45. The molecule has 0 spiro atoms. The lowest BCUT2D eigenvalue weighted by atomic mass is 10.1. The van der Waals surface area contributed by atoms with E-state index in [2.05, 4.69) is 37.4 Å². The normalized spacial score (nSPS) is 16.4. The standard InChI is InChI=1S/C20H25BrFN3O2S/c1-2-24-9-11-25(12-10-24)15-17-6-4-3-5-16(17)14-23-28(26,27)20-8-7-18(22)13-19(20)21/h3-8,13,23H,2,9-12,14-15H2,1H3. The summed E-state index contributed by atoms with van der Waals surface area (Å²) >= 11 is 3.13. The fraction of sp³-hybridized carbons (Fsp3) is 0.400. The number of nitrogens with zero attached hydrogens (tertiary/aromatic N) is 2. The van der Waals surface area contributed by atoms with E-state index < -0.39 is 15.8 Å². The molecule has 0 saturated carbocycles. The van der Waals surface area contributed by atoms with Crippen LogP contribution in [0.4, 0.5) is 4.39 Å². The molecule has 0 aromatic heterocycles. The van der Waals surface area contributed by atoms with Crippen LogP contribution in [-0.4, -0.2) is 50.9 Å². The van der Waals surface area contributed by atoms with Gasteiger partial charge in [-0.05, 0) is 51.8 Å². The number of hydrogen-bond donors (Lipinski definition) is 1. The van der Waals surface area contributed by atoms with E-state index in [9.17, 15) is 12.8 Å². The van der Waals surface area contributed by atoms with Crippen molar-refractivity contribution in [2.24, 2.45) is 0 Å². The van der Waals surface area contributed by atoms with E-state index in [4.69, 9.17) is 0 Å². The number of nitrogens with one attached hydrogen (secondary N) is 1. The van der Waals surface area contributed by atoms with Crippen LogP contribution in [0.15, 0.2) is 51.8 Å². The lowest BCUT2D eigenvalue weighted by molar-refractivity contribution is 0.131. The quantitative estimate of drug-likeness (QED) is 0.676. The van der Waals surface area contributed by atoms with Crippen LogP contribution < -0.4 is 4.72 Å². The zero-order valence-electron chi connectivity index (χ0n) is 15.9. The Morgan fingerprint density at radius 3 is 2.32 bits per heavy atom. The van der Waals surface area contributed by atoms with E-state index in [-0.39, 0.29) is 15.9 Å². The van der Waals surface area contributed by atoms with Gasteiger partial charge < -0.3 is 4.90 Å². The molecule has 152 valence electrons. The van der Waals surface area contributed by atoms with Crippen LogP contribution in [0.3, 0.4) is 0 Å². The fourth-order valence-corrected chi connectivity index (χ4v) is 5.39. The largest absolute Gasteiger partial charge is 0.301 e. The molecule has 0 radical (unpaired) electrons. The molecule has 0 bridgehead atoms. The van der Waals surface area contributed by atoms with Crippen LogP contribution >= 0.6 is 15.9 Å². The van der Waals surface area contributed by atoms with Gasteiger partial charge in [0.05, 0.1) is 4.90 Å². The van der Waals surface area contributed by atoms with Gasteiger partial charge in [-0.2, -0.15) is 0 Å². The summed E-state index contributed by atoms with van der Waals surface area (Å²) in [6, 6.07) is 11.4. The fourth-order valence-electron chi connectivity index (χ4n) is 3.33. The van der Waals surface area contributed by atoms with Crippen molar-refractivity contribution in [1.82, 2.24) is 14.5 Å². The van der Waals surface area contributed by atoms with E-state index in [1.54, 1.807) is 0 Å². The number of likely N-dealkylation sites (N-methyl/N-ethyl adjacent to an activating group) is 1. The summed E-state index contributed by atoms with van der Waals surface area (Å²) in [7, 11) is -3.75. The lowest BCUT2D eigenvalue weighted by Crippen LogP contribution is -2.45. The van der Waals surface area contributed by atoms with Gasteiger partial charge in [-0.15, -0.1) is 0 Å². The molecule has 0 aliphatic carbocycles. The number of rotatable bonds is 7. The van der Waals surface area contributed by atoms with Crippen molar-refractivity contribution >= 4 is 26.0 Å². The molecular weight excluding hydrogens is 445 g/mol. The van der Waals surface area contributed by atoms with Crippen molar-refractivity contribution in [1.29, 1.82) is 0 Å². The van der Waals surface area contributed by atoms with Gasteiger partial charge in [-0.1, -0.05) is 31.2 Å². The predicted molar refractivity (Wildman–Crippen MR) is 112 cm³/mol. The minimum atomic E-state index is -3.75. The van der Waals surface area contributed by atoms with Crippen molar-refractivity contribution in [3.8, 4) is 0 Å². The molecule has 1 N–H and O–H groups in total. The van der Waals surface area contributed by atoms with Gasteiger partial charge in [0.2, 0.25) is 10.0 Å². The first-order chi connectivity index (χ1) is 13.4. The molecule has 1 aliphatic rings. The number of halogens is 2. The Bertz CT molecular complexity index is 915. The van der Waals surface area contributed by atoms with Crippen LogP contribution in [0.25, 0.3) is 0 Å². The molecule has 1 heterocycles. The van der Waals surface area contributed by atoms with Crippen LogP contribution in [-0.2, 0) is 23.1 Å². The smallest absolute Gasteiger partial charge is 0.241 e. The van der Waals surface area contributed by atoms with Gasteiger partial charge in [-0.3, -0.25) is 4.90 Å². The molecule has 0 unspecified atom stereocenters. The number of piperazine rings is 1. The molecule has 2 aromatic rings. The summed E-state index contributed by atoms with van der Waals surface area (Å²) in [6.45, 7) is 8.38. The first kappa shape index (κ1) is 21.4. The molecule has 0 amide bonds. The lowest BCUT2D eigenvalue weighted by Gasteiger charge is -2.34. The SMILES string of the molecule is CCN1CCN(Cc2ccccc2CNS(=O)(=O)c2ccc(F)cc2Br)CC1. The Hall–Kier alpha value is -1.32. The average Bonchev–Trinajstić information content (AvgIpc) is 2.67. The summed E-state index contributed by atoms with van der Waals surface area (Å²) < 4.78 is 41.4. The molecule has 28 heavy (non-hydrogen) atoms. The molecule has 2 aromatic carbocycles. The van der Waals surface area contributed by atoms with Crippen LogP contribution in [0.1, 0.15) is 18.1 Å². The highest BCUT2D eigenvalue weighted by molar-refractivity contribution is 9.10. The summed E-state index contributed by atoms with van der Waals surface area (Å²) in [5.74, 6) is -0.487. The Balaban J connectivity index is 1.68. The van der Waals surface area contributed by atoms with Crippen LogP contribution in [0, 0.1) is 5.82 Å². The third-order valence-corrected chi connectivity index (χ3v) is 7.44. The van der Waals surface area contributed by atoms with Gasteiger partial charge in [0.1, 0.15) is 5.82 Å². The third kappa shape index (κ3) is 5.39. The highest BCUT2D eigenvalue weighted by Crippen LogP contribution is 2.23. The van der Waals surface area contributed by atoms with Crippen LogP contribution in [0.2, 0.25) is 0 Å². The molecule has 1 saturated heterocycles. The number of sulfonamides is 1. The number of benzene rings is 2. The Morgan fingerprint density at radius 2 is 1.68 bits per heavy atom. The topological polar surface area (TPSA) is 52.6 Å². The molecular formula is C20H25BrFN3O2S. The van der Waals surface area contributed by atoms with Gasteiger partial charge >= 0.3 is 0 Å². The van der Waals surface area contributed by atoms with Gasteiger partial charge in [0, 0.05) is 43.7 Å². The molecule has 5 nitrogen and oxygen atoms in total. The Labute approximate surface area is 174 Å². The average molecular weight is 470 g/mol. The maximum absolute atomic E-state index is 13.3. The maximum atomic E-state index is 13.3. The minimum absolute atomic E-state index is 0.0297. The van der Waals surface area contributed by atoms with E-state index in [0.717, 1.165) is 62.5 Å². The van der Waals surface area contributed by atoms with E-state index in [0.29, 0.717) is 0 Å². The molecule has 8 heteroatoms. The Morgan fingerprint density at radius 1 is 1.04 bits per heavy atom. The van der Waals surface area contributed by atoms with E-state index in [1.165, 1.54) is 6.07 Å². The summed E-state index contributed by atoms with van der Waals surface area (Å²) in [5, 5.41) is 0. The first-order valence-corrected chi connectivity index (χ1v) is 11.6. The molecule has 1 aliphatic heterocycles. The molecule has 3 rings (SSSR count). The van der Waals surface area contributed by atoms with E-state index in [1.807, 2.05) is 24.3 Å². The maximum Gasteiger partial charge on any atom is 0.241 e. The highest BCUT2D eigenvalue weighted by atomic mass is 79.9. The minimum Gasteiger partial charge on any atom is -0.301 e. The second-order valence-corrected chi connectivity index (χ2v) is 9.47. The first-order valence-electron chi connectivity index (χ1n) is 9.35. The van der Waals surface area contributed by atoms with Crippen molar-refractivity contribution in [2.45, 2.75) is 24.9 Å². The van der Waals surface area contributed by atoms with Gasteiger partial charge in [0.15, 0.2) is 0 Å². The molecule has 0 atom stereocenters. The Kier molecular flexibility index (Phi) is 7.22. The van der Waals surface area contributed by atoms with Gasteiger partial charge in [0.25, 0.3) is 0 Å². The monoisotopic (exact) mass is 469 g/mol. The summed E-state index contributed by atoms with van der Waals surface area (Å²) in [4.78, 5) is 4.86. The highest BCUT2D eigenvalue weighted by Gasteiger charge is 2.20. The zero-order valence-corrected chi connectivity index (χ0v) is 18.3. The molecule has 1 fully saturated rings. The number of hydrogen-bond acceptors (Lipinski definition) is 4. The van der Waals surface area contributed by atoms with Crippen molar-refractivity contribution < 1.29 is 12.8 Å². The van der Waals surface area contributed by atoms with Gasteiger partial charge in [-0.25, -0.2) is 17.5 Å². The van der Waals surface area contributed by atoms with Crippen molar-refractivity contribution in [3.63, 3.8) is 0 Å². The summed E-state index contributed by atoms with van der Waals surface area (Å²) in [6.07, 6.45) is 0. The van der Waals surface area contributed by atoms with E-state index >= 15 is 0 Å². The second-order valence-electron chi connectivity index (χ2n) is 6.88. The van der Waals surface area contributed by atoms with Crippen LogP contribution in [0.5, 0.6) is 0 Å². The zero-order chi connectivity index (χ0) is 20.1. The van der Waals surface area contributed by atoms with Crippen molar-refractivity contribution in [2.75, 3.05) is 32.7 Å².